The van der Waals surface area contributed by atoms with Crippen LogP contribution in [0.5, 0.6) is 0 Å². The zero-order chi connectivity index (χ0) is 20.4. The van der Waals surface area contributed by atoms with Gasteiger partial charge in [-0.2, -0.15) is 0 Å². The Labute approximate surface area is 171 Å². The smallest absolute Gasteiger partial charge is 0.228 e. The number of para-hydroxylation sites is 1. The molecule has 0 saturated heterocycles. The van der Waals surface area contributed by atoms with Crippen LogP contribution in [0.15, 0.2) is 72.8 Å². The van der Waals surface area contributed by atoms with Gasteiger partial charge in [-0.25, -0.2) is 0 Å². The predicted molar refractivity (Wildman–Crippen MR) is 120 cm³/mol. The number of amides is 1. The third kappa shape index (κ3) is 3.77. The molecule has 1 N–H and O–H groups in total. The van der Waals surface area contributed by atoms with Gasteiger partial charge in [0.1, 0.15) is 0 Å². The normalized spacial score (nSPS) is 10.9. The van der Waals surface area contributed by atoms with Gasteiger partial charge in [0.2, 0.25) is 5.91 Å². The first-order valence-electron chi connectivity index (χ1n) is 9.84. The van der Waals surface area contributed by atoms with E-state index in [0.717, 1.165) is 50.1 Å². The Kier molecular flexibility index (Phi) is 5.13. The Morgan fingerprint density at radius 1 is 0.862 bits per heavy atom. The summed E-state index contributed by atoms with van der Waals surface area (Å²) in [6, 6.07) is 24.3. The van der Waals surface area contributed by atoms with Crippen LogP contribution in [0.25, 0.3) is 22.0 Å². The Hall–Kier alpha value is -3.46. The van der Waals surface area contributed by atoms with E-state index in [-0.39, 0.29) is 12.3 Å². The van der Waals surface area contributed by atoms with Crippen molar-refractivity contribution in [1.29, 1.82) is 0 Å². The Morgan fingerprint density at radius 2 is 1.59 bits per heavy atom. The Morgan fingerprint density at radius 3 is 2.38 bits per heavy atom. The predicted octanol–water partition coefficient (Wildman–Crippen LogP) is 6.01. The van der Waals surface area contributed by atoms with Crippen molar-refractivity contribution in [3.8, 4) is 11.1 Å². The summed E-state index contributed by atoms with van der Waals surface area (Å²) in [5, 5.41) is 4.16. The number of carbonyl (C=O) groups excluding carboxylic acids is 1. The number of aryl methyl sites for hydroxylation is 2. The third-order valence-electron chi connectivity index (χ3n) is 5.48. The van der Waals surface area contributed by atoms with Gasteiger partial charge in [0.25, 0.3) is 0 Å². The number of aromatic nitrogens is 1. The number of nitrogens with one attached hydrogen (secondary N) is 1. The van der Waals surface area contributed by atoms with Gasteiger partial charge in [-0.1, -0.05) is 60.7 Å². The van der Waals surface area contributed by atoms with Gasteiger partial charge in [-0.3, -0.25) is 9.78 Å². The highest BCUT2D eigenvalue weighted by molar-refractivity contribution is 6.00. The van der Waals surface area contributed by atoms with Gasteiger partial charge >= 0.3 is 0 Å². The first-order valence-corrected chi connectivity index (χ1v) is 9.84. The molecule has 0 aliphatic heterocycles. The van der Waals surface area contributed by atoms with Crippen LogP contribution in [0.3, 0.4) is 0 Å². The lowest BCUT2D eigenvalue weighted by Crippen LogP contribution is -2.17. The molecule has 0 unspecified atom stereocenters. The summed E-state index contributed by atoms with van der Waals surface area (Å²) in [6.07, 6.45) is 0.279. The summed E-state index contributed by atoms with van der Waals surface area (Å²) in [7, 11) is 0. The summed E-state index contributed by atoms with van der Waals surface area (Å²) in [5.41, 5.74) is 8.11. The molecule has 4 rings (SSSR count). The topological polar surface area (TPSA) is 42.0 Å². The van der Waals surface area contributed by atoms with E-state index in [9.17, 15) is 4.79 Å². The fourth-order valence-corrected chi connectivity index (χ4v) is 3.77. The van der Waals surface area contributed by atoms with Crippen molar-refractivity contribution in [1.82, 2.24) is 4.98 Å². The standard InChI is InChI=1S/C26H24N2O/c1-17-10-9-15-23(18(17)2)28-25(29)16-22-19(3)27-24-14-8-7-13-21(24)26(22)20-11-5-4-6-12-20/h4-15H,16H2,1-3H3,(H,28,29). The molecule has 1 heterocycles. The second-order valence-corrected chi connectivity index (χ2v) is 7.41. The molecule has 0 saturated carbocycles. The van der Waals surface area contributed by atoms with Crippen LogP contribution in [0.4, 0.5) is 5.69 Å². The molecule has 0 radical (unpaired) electrons. The van der Waals surface area contributed by atoms with Crippen LogP contribution < -0.4 is 5.32 Å². The fraction of sp³-hybridized carbons (Fsp3) is 0.154. The van der Waals surface area contributed by atoms with Crippen molar-refractivity contribution in [2.75, 3.05) is 5.32 Å². The minimum atomic E-state index is -0.0314. The van der Waals surface area contributed by atoms with Crippen LogP contribution in [0, 0.1) is 20.8 Å². The minimum Gasteiger partial charge on any atom is -0.326 e. The first kappa shape index (κ1) is 18.9. The number of hydrogen-bond donors (Lipinski definition) is 1. The van der Waals surface area contributed by atoms with E-state index < -0.39 is 0 Å². The highest BCUT2D eigenvalue weighted by atomic mass is 16.1. The number of anilines is 1. The van der Waals surface area contributed by atoms with Crippen molar-refractivity contribution in [2.24, 2.45) is 0 Å². The van der Waals surface area contributed by atoms with Gasteiger partial charge in [0.15, 0.2) is 0 Å². The number of pyridine rings is 1. The van der Waals surface area contributed by atoms with E-state index in [1.165, 1.54) is 0 Å². The van der Waals surface area contributed by atoms with Crippen LogP contribution in [0.1, 0.15) is 22.4 Å². The van der Waals surface area contributed by atoms with E-state index in [0.29, 0.717) is 0 Å². The molecule has 0 bridgehead atoms. The van der Waals surface area contributed by atoms with Crippen LogP contribution >= 0.6 is 0 Å². The average molecular weight is 380 g/mol. The molecule has 1 amide bonds. The fourth-order valence-electron chi connectivity index (χ4n) is 3.77. The molecule has 0 aliphatic carbocycles. The van der Waals surface area contributed by atoms with E-state index >= 15 is 0 Å². The Balaban J connectivity index is 1.78. The average Bonchev–Trinajstić information content (AvgIpc) is 2.72. The second kappa shape index (κ2) is 7.88. The van der Waals surface area contributed by atoms with E-state index in [4.69, 9.17) is 4.98 Å². The molecule has 0 fully saturated rings. The highest BCUT2D eigenvalue weighted by Crippen LogP contribution is 2.33. The molecule has 3 heteroatoms. The maximum Gasteiger partial charge on any atom is 0.228 e. The second-order valence-electron chi connectivity index (χ2n) is 7.41. The van der Waals surface area contributed by atoms with Crippen LogP contribution in [0.2, 0.25) is 0 Å². The molecule has 0 aliphatic rings. The quantitative estimate of drug-likeness (QED) is 0.471. The number of benzene rings is 3. The SMILES string of the molecule is Cc1cccc(NC(=O)Cc2c(C)nc3ccccc3c2-c2ccccc2)c1C. The molecule has 4 aromatic rings. The summed E-state index contributed by atoms with van der Waals surface area (Å²) in [4.78, 5) is 17.8. The highest BCUT2D eigenvalue weighted by Gasteiger charge is 2.17. The summed E-state index contributed by atoms with van der Waals surface area (Å²) in [5.74, 6) is -0.0314. The number of rotatable bonds is 4. The molecule has 1 aromatic heterocycles. The zero-order valence-electron chi connectivity index (χ0n) is 17.0. The van der Waals surface area contributed by atoms with Crippen molar-refractivity contribution in [2.45, 2.75) is 27.2 Å². The monoisotopic (exact) mass is 380 g/mol. The van der Waals surface area contributed by atoms with Gasteiger partial charge in [0.05, 0.1) is 11.9 Å². The number of carbonyl (C=O) groups is 1. The third-order valence-corrected chi connectivity index (χ3v) is 5.48. The number of hydrogen-bond acceptors (Lipinski definition) is 2. The molecular weight excluding hydrogens is 356 g/mol. The van der Waals surface area contributed by atoms with E-state index in [1.807, 2.05) is 62.4 Å². The molecule has 0 spiro atoms. The van der Waals surface area contributed by atoms with Crippen molar-refractivity contribution in [3.63, 3.8) is 0 Å². The van der Waals surface area contributed by atoms with Gasteiger partial charge in [0, 0.05) is 16.8 Å². The lowest BCUT2D eigenvalue weighted by molar-refractivity contribution is -0.115. The molecule has 29 heavy (non-hydrogen) atoms. The summed E-state index contributed by atoms with van der Waals surface area (Å²) < 4.78 is 0. The summed E-state index contributed by atoms with van der Waals surface area (Å²) in [6.45, 7) is 6.07. The van der Waals surface area contributed by atoms with E-state index in [2.05, 4.69) is 36.5 Å². The molecule has 3 aromatic carbocycles. The zero-order valence-corrected chi connectivity index (χ0v) is 17.0. The molecule has 3 nitrogen and oxygen atoms in total. The van der Waals surface area contributed by atoms with Crippen molar-refractivity contribution in [3.05, 3.63) is 95.2 Å². The lowest BCUT2D eigenvalue weighted by Gasteiger charge is -2.17. The molecular formula is C26H24N2O. The Bertz CT molecular complexity index is 1200. The number of fused-ring (bicyclic) bond motifs is 1. The molecule has 0 atom stereocenters. The van der Waals surface area contributed by atoms with Gasteiger partial charge in [-0.15, -0.1) is 0 Å². The van der Waals surface area contributed by atoms with Gasteiger partial charge < -0.3 is 5.32 Å². The van der Waals surface area contributed by atoms with Crippen molar-refractivity contribution < 1.29 is 4.79 Å². The first-order chi connectivity index (χ1) is 14.0. The number of nitrogens with zero attached hydrogens (tertiary/aromatic N) is 1. The largest absolute Gasteiger partial charge is 0.326 e. The van der Waals surface area contributed by atoms with Crippen molar-refractivity contribution >= 4 is 22.5 Å². The summed E-state index contributed by atoms with van der Waals surface area (Å²) >= 11 is 0. The van der Waals surface area contributed by atoms with Gasteiger partial charge in [-0.05, 0) is 60.7 Å². The van der Waals surface area contributed by atoms with Crippen LogP contribution in [-0.4, -0.2) is 10.9 Å². The minimum absolute atomic E-state index is 0.0314. The maximum atomic E-state index is 13.0. The lowest BCUT2D eigenvalue weighted by atomic mass is 9.92. The maximum absolute atomic E-state index is 13.0. The van der Waals surface area contributed by atoms with E-state index in [1.54, 1.807) is 0 Å². The van der Waals surface area contributed by atoms with Crippen LogP contribution in [-0.2, 0) is 11.2 Å². The molecule has 144 valence electrons.